The minimum Gasteiger partial charge on any atom is -0.490 e. The van der Waals surface area contributed by atoms with Gasteiger partial charge in [0.2, 0.25) is 11.8 Å². The van der Waals surface area contributed by atoms with E-state index in [0.717, 1.165) is 37.1 Å². The number of benzene rings is 1. The first kappa shape index (κ1) is 21.8. The van der Waals surface area contributed by atoms with Crippen molar-refractivity contribution in [2.75, 3.05) is 25.0 Å². The Morgan fingerprint density at radius 2 is 1.91 bits per heavy atom. The SMILES string of the molecule is Cc1ccc(NC(=O)CN2CCCCCOc3ccccc3Oc3ncccc3C2)cn1. The zero-order valence-corrected chi connectivity index (χ0v) is 18.3. The quantitative estimate of drug-likeness (QED) is 0.653. The number of carbonyl (C=O) groups is 1. The highest BCUT2D eigenvalue weighted by Gasteiger charge is 2.17. The molecule has 1 amide bonds. The van der Waals surface area contributed by atoms with Crippen LogP contribution in [-0.2, 0) is 11.3 Å². The van der Waals surface area contributed by atoms with Crippen molar-refractivity contribution in [1.29, 1.82) is 0 Å². The van der Waals surface area contributed by atoms with Crippen molar-refractivity contribution in [2.45, 2.75) is 32.7 Å². The molecule has 0 spiro atoms. The van der Waals surface area contributed by atoms with Crippen molar-refractivity contribution in [2.24, 2.45) is 0 Å². The fourth-order valence-corrected chi connectivity index (χ4v) is 3.59. The van der Waals surface area contributed by atoms with Crippen LogP contribution in [0.4, 0.5) is 5.69 Å². The number of aryl methyl sites for hydroxylation is 1. The van der Waals surface area contributed by atoms with Gasteiger partial charge in [-0.1, -0.05) is 18.2 Å². The fourth-order valence-electron chi connectivity index (χ4n) is 3.59. The summed E-state index contributed by atoms with van der Waals surface area (Å²) in [5, 5.41) is 2.94. The first-order chi connectivity index (χ1) is 15.7. The number of nitrogens with zero attached hydrogens (tertiary/aromatic N) is 3. The van der Waals surface area contributed by atoms with Gasteiger partial charge in [0.1, 0.15) is 0 Å². The minimum atomic E-state index is -0.0694. The summed E-state index contributed by atoms with van der Waals surface area (Å²) in [6, 6.07) is 15.3. The van der Waals surface area contributed by atoms with Crippen molar-refractivity contribution < 1.29 is 14.3 Å². The summed E-state index contributed by atoms with van der Waals surface area (Å²) in [4.78, 5) is 23.5. The van der Waals surface area contributed by atoms with Gasteiger partial charge in [-0.25, -0.2) is 4.98 Å². The molecule has 32 heavy (non-hydrogen) atoms. The summed E-state index contributed by atoms with van der Waals surface area (Å²) in [6.07, 6.45) is 6.32. The van der Waals surface area contributed by atoms with Gasteiger partial charge in [0.25, 0.3) is 0 Å². The Hall–Kier alpha value is -3.45. The molecule has 0 saturated heterocycles. The van der Waals surface area contributed by atoms with Gasteiger partial charge in [-0.3, -0.25) is 14.7 Å². The van der Waals surface area contributed by atoms with Gasteiger partial charge in [-0.15, -0.1) is 0 Å². The van der Waals surface area contributed by atoms with Crippen molar-refractivity contribution in [1.82, 2.24) is 14.9 Å². The van der Waals surface area contributed by atoms with Gasteiger partial charge >= 0.3 is 0 Å². The summed E-state index contributed by atoms with van der Waals surface area (Å²) in [6.45, 7) is 4.17. The molecule has 0 aliphatic carbocycles. The Bertz CT molecular complexity index is 1040. The summed E-state index contributed by atoms with van der Waals surface area (Å²) in [5.74, 6) is 1.81. The van der Waals surface area contributed by atoms with Crippen LogP contribution in [-0.4, -0.2) is 40.5 Å². The Morgan fingerprint density at radius 1 is 1.03 bits per heavy atom. The first-order valence-electron chi connectivity index (χ1n) is 11.0. The van der Waals surface area contributed by atoms with E-state index in [9.17, 15) is 4.79 Å². The molecule has 3 heterocycles. The first-order valence-corrected chi connectivity index (χ1v) is 11.0. The second-order valence-electron chi connectivity index (χ2n) is 7.87. The van der Waals surface area contributed by atoms with Crippen LogP contribution in [0, 0.1) is 6.92 Å². The summed E-state index contributed by atoms with van der Waals surface area (Å²) >= 11 is 0. The number of hydrogen-bond donors (Lipinski definition) is 1. The van der Waals surface area contributed by atoms with Crippen molar-refractivity contribution >= 4 is 11.6 Å². The zero-order chi connectivity index (χ0) is 22.2. The topological polar surface area (TPSA) is 76.6 Å². The molecular weight excluding hydrogens is 404 g/mol. The van der Waals surface area contributed by atoms with Crippen molar-refractivity contribution in [3.8, 4) is 17.4 Å². The van der Waals surface area contributed by atoms with Crippen molar-refractivity contribution in [3.63, 3.8) is 0 Å². The molecule has 1 aromatic carbocycles. The Labute approximate surface area is 188 Å². The lowest BCUT2D eigenvalue weighted by atomic mass is 10.2. The number of aromatic nitrogens is 2. The molecule has 0 bridgehead atoms. The number of fused-ring (bicyclic) bond motifs is 2. The number of pyridine rings is 2. The lowest BCUT2D eigenvalue weighted by molar-refractivity contribution is -0.117. The van der Waals surface area contributed by atoms with E-state index in [-0.39, 0.29) is 12.5 Å². The van der Waals surface area contributed by atoms with Gasteiger partial charge in [0.15, 0.2) is 11.5 Å². The maximum absolute atomic E-state index is 12.7. The van der Waals surface area contributed by atoms with E-state index in [2.05, 4.69) is 20.2 Å². The molecule has 1 aliphatic heterocycles. The van der Waals surface area contributed by atoms with Crippen LogP contribution in [0.15, 0.2) is 60.9 Å². The highest BCUT2D eigenvalue weighted by Crippen LogP contribution is 2.32. The van der Waals surface area contributed by atoms with Crippen LogP contribution >= 0.6 is 0 Å². The Morgan fingerprint density at radius 3 is 2.75 bits per heavy atom. The van der Waals surface area contributed by atoms with Gasteiger partial charge in [-0.2, -0.15) is 0 Å². The smallest absolute Gasteiger partial charge is 0.238 e. The predicted octanol–water partition coefficient (Wildman–Crippen LogP) is 4.58. The lowest BCUT2D eigenvalue weighted by Gasteiger charge is -2.22. The van der Waals surface area contributed by atoms with E-state index in [1.54, 1.807) is 12.4 Å². The average molecular weight is 433 g/mol. The van der Waals surface area contributed by atoms with Gasteiger partial charge in [-0.05, 0) is 63.1 Å². The Balaban J connectivity index is 1.51. The molecule has 0 atom stereocenters. The minimum absolute atomic E-state index is 0.0694. The molecule has 3 aromatic rings. The molecule has 0 fully saturated rings. The number of ether oxygens (including phenoxy) is 2. The highest BCUT2D eigenvalue weighted by molar-refractivity contribution is 5.92. The normalized spacial score (nSPS) is 14.9. The molecule has 1 N–H and O–H groups in total. The molecule has 7 heteroatoms. The largest absolute Gasteiger partial charge is 0.490 e. The summed E-state index contributed by atoms with van der Waals surface area (Å²) < 4.78 is 12.1. The molecule has 2 aromatic heterocycles. The van der Waals surface area contributed by atoms with E-state index in [4.69, 9.17) is 9.47 Å². The molecule has 7 nitrogen and oxygen atoms in total. The molecule has 4 rings (SSSR count). The third kappa shape index (κ3) is 6.04. The summed E-state index contributed by atoms with van der Waals surface area (Å²) in [5.41, 5.74) is 2.54. The summed E-state index contributed by atoms with van der Waals surface area (Å²) in [7, 11) is 0. The van der Waals surface area contributed by atoms with Crippen LogP contribution in [0.1, 0.15) is 30.5 Å². The number of carbonyl (C=O) groups excluding carboxylic acids is 1. The average Bonchev–Trinajstić information content (AvgIpc) is 2.80. The van der Waals surface area contributed by atoms with Crippen LogP contribution in [0.2, 0.25) is 0 Å². The van der Waals surface area contributed by atoms with Crippen LogP contribution in [0.5, 0.6) is 17.4 Å². The number of amides is 1. The van der Waals surface area contributed by atoms with E-state index in [1.165, 1.54) is 0 Å². The van der Waals surface area contributed by atoms with E-state index in [1.807, 2.05) is 55.5 Å². The molecule has 1 aliphatic rings. The third-order valence-corrected chi connectivity index (χ3v) is 5.24. The number of nitrogens with one attached hydrogen (secondary N) is 1. The van der Waals surface area contributed by atoms with Crippen molar-refractivity contribution in [3.05, 3.63) is 72.2 Å². The van der Waals surface area contributed by atoms with Crippen LogP contribution < -0.4 is 14.8 Å². The lowest BCUT2D eigenvalue weighted by Crippen LogP contribution is -2.34. The number of hydrogen-bond acceptors (Lipinski definition) is 6. The maximum Gasteiger partial charge on any atom is 0.238 e. The highest BCUT2D eigenvalue weighted by atomic mass is 16.5. The fraction of sp³-hybridized carbons (Fsp3) is 0.320. The zero-order valence-electron chi connectivity index (χ0n) is 18.3. The number of rotatable bonds is 3. The van der Waals surface area contributed by atoms with Gasteiger partial charge in [0.05, 0.1) is 25.0 Å². The van der Waals surface area contributed by atoms with E-state index >= 15 is 0 Å². The predicted molar refractivity (Wildman–Crippen MR) is 123 cm³/mol. The van der Waals surface area contributed by atoms with Crippen LogP contribution in [0.25, 0.3) is 0 Å². The van der Waals surface area contributed by atoms with E-state index < -0.39 is 0 Å². The third-order valence-electron chi connectivity index (χ3n) is 5.24. The second-order valence-corrected chi connectivity index (χ2v) is 7.87. The standard InChI is InChI=1S/C25H28N4O3/c1-19-11-12-21(16-27-19)28-24(30)18-29-14-5-2-6-15-31-22-9-3-4-10-23(22)32-25-20(17-29)8-7-13-26-25/h3-4,7-13,16H,2,5-6,14-15,17-18H2,1H3,(H,28,30). The molecule has 166 valence electrons. The molecule has 0 radical (unpaired) electrons. The van der Waals surface area contributed by atoms with Crippen LogP contribution in [0.3, 0.4) is 0 Å². The van der Waals surface area contributed by atoms with Gasteiger partial charge < -0.3 is 14.8 Å². The monoisotopic (exact) mass is 432 g/mol. The van der Waals surface area contributed by atoms with Gasteiger partial charge in [0, 0.05) is 24.0 Å². The number of anilines is 1. The Kier molecular flexibility index (Phi) is 7.30. The van der Waals surface area contributed by atoms with E-state index in [0.29, 0.717) is 36.2 Å². The maximum atomic E-state index is 12.7. The number of para-hydroxylation sites is 2. The molecular formula is C25H28N4O3. The second kappa shape index (κ2) is 10.7. The molecule has 0 saturated carbocycles. The molecule has 0 unspecified atom stereocenters.